The molecule has 0 atom stereocenters. The van der Waals surface area contributed by atoms with Crippen molar-refractivity contribution in [2.75, 3.05) is 12.9 Å². The highest BCUT2D eigenvalue weighted by molar-refractivity contribution is 7.99. The van der Waals surface area contributed by atoms with Gasteiger partial charge < -0.3 is 4.74 Å². The number of ether oxygens (including phenoxy) is 1. The molecule has 3 aromatic rings. The molecule has 0 aliphatic carbocycles. The Hall–Kier alpha value is -2.67. The minimum atomic E-state index is -0.303. The standard InChI is InChI=1S/C16H14N4O2S/c1-22-14(21)11-23-16-19-18-15(12-7-9-17-10-8-12)20(16)13-5-3-2-4-6-13/h2-10H,11H2,1H3. The SMILES string of the molecule is COC(=O)CSc1nnc(-c2ccncc2)n1-c1ccccc1. The van der Waals surface area contributed by atoms with E-state index in [0.29, 0.717) is 11.0 Å². The second kappa shape index (κ2) is 7.06. The quantitative estimate of drug-likeness (QED) is 0.530. The van der Waals surface area contributed by atoms with Gasteiger partial charge in [0.2, 0.25) is 0 Å². The Labute approximate surface area is 137 Å². The Morgan fingerprint density at radius 3 is 2.57 bits per heavy atom. The van der Waals surface area contributed by atoms with Gasteiger partial charge in [-0.1, -0.05) is 30.0 Å². The van der Waals surface area contributed by atoms with E-state index in [1.807, 2.05) is 47.0 Å². The molecule has 0 amide bonds. The summed E-state index contributed by atoms with van der Waals surface area (Å²) in [4.78, 5) is 15.4. The van der Waals surface area contributed by atoms with Crippen molar-refractivity contribution in [2.24, 2.45) is 0 Å². The van der Waals surface area contributed by atoms with E-state index in [9.17, 15) is 4.79 Å². The molecule has 2 heterocycles. The number of esters is 1. The summed E-state index contributed by atoms with van der Waals surface area (Å²) < 4.78 is 6.60. The van der Waals surface area contributed by atoms with E-state index in [1.165, 1.54) is 18.9 Å². The van der Waals surface area contributed by atoms with Crippen LogP contribution in [0.4, 0.5) is 0 Å². The van der Waals surface area contributed by atoms with Crippen LogP contribution >= 0.6 is 11.8 Å². The molecule has 6 nitrogen and oxygen atoms in total. The fraction of sp³-hybridized carbons (Fsp3) is 0.125. The fourth-order valence-electron chi connectivity index (χ4n) is 2.04. The molecule has 3 rings (SSSR count). The molecule has 1 aromatic carbocycles. The number of hydrogen-bond acceptors (Lipinski definition) is 6. The Balaban J connectivity index is 2.04. The van der Waals surface area contributed by atoms with E-state index >= 15 is 0 Å². The average Bonchev–Trinajstić information content (AvgIpc) is 3.05. The molecule has 2 aromatic heterocycles. The zero-order valence-electron chi connectivity index (χ0n) is 12.4. The predicted molar refractivity (Wildman–Crippen MR) is 87.3 cm³/mol. The predicted octanol–water partition coefficient (Wildman–Crippen LogP) is 2.59. The molecule has 0 radical (unpaired) electrons. The molecule has 0 unspecified atom stereocenters. The van der Waals surface area contributed by atoms with E-state index in [2.05, 4.69) is 19.9 Å². The molecular formula is C16H14N4O2S. The van der Waals surface area contributed by atoms with Crippen molar-refractivity contribution in [1.29, 1.82) is 0 Å². The normalized spacial score (nSPS) is 10.5. The van der Waals surface area contributed by atoms with Crippen LogP contribution in [0.15, 0.2) is 60.0 Å². The zero-order chi connectivity index (χ0) is 16.1. The highest BCUT2D eigenvalue weighted by Crippen LogP contribution is 2.27. The van der Waals surface area contributed by atoms with Crippen LogP contribution in [-0.2, 0) is 9.53 Å². The van der Waals surface area contributed by atoms with Crippen molar-refractivity contribution in [1.82, 2.24) is 19.7 Å². The fourth-order valence-corrected chi connectivity index (χ4v) is 2.83. The summed E-state index contributed by atoms with van der Waals surface area (Å²) in [5, 5.41) is 9.13. The first-order valence-corrected chi connectivity index (χ1v) is 7.89. The monoisotopic (exact) mass is 326 g/mol. The van der Waals surface area contributed by atoms with Crippen molar-refractivity contribution in [2.45, 2.75) is 5.16 Å². The van der Waals surface area contributed by atoms with Gasteiger partial charge in [-0.05, 0) is 24.3 Å². The minimum absolute atomic E-state index is 0.178. The summed E-state index contributed by atoms with van der Waals surface area (Å²) in [5.41, 5.74) is 1.83. The number of carbonyl (C=O) groups excluding carboxylic acids is 1. The molecule has 0 aliphatic heterocycles. The first-order chi connectivity index (χ1) is 11.3. The highest BCUT2D eigenvalue weighted by Gasteiger charge is 2.17. The maximum atomic E-state index is 11.4. The van der Waals surface area contributed by atoms with Crippen LogP contribution in [0.2, 0.25) is 0 Å². The Morgan fingerprint density at radius 2 is 1.87 bits per heavy atom. The van der Waals surface area contributed by atoms with E-state index in [4.69, 9.17) is 0 Å². The molecule has 0 fully saturated rings. The number of pyridine rings is 1. The third-order valence-corrected chi connectivity index (χ3v) is 4.04. The van der Waals surface area contributed by atoms with Gasteiger partial charge in [0.05, 0.1) is 12.9 Å². The number of para-hydroxylation sites is 1. The molecule has 116 valence electrons. The lowest BCUT2D eigenvalue weighted by Gasteiger charge is -2.09. The van der Waals surface area contributed by atoms with Crippen LogP contribution < -0.4 is 0 Å². The summed E-state index contributed by atoms with van der Waals surface area (Å²) in [6.45, 7) is 0. The van der Waals surface area contributed by atoms with Crippen LogP contribution in [-0.4, -0.2) is 38.6 Å². The number of nitrogens with zero attached hydrogens (tertiary/aromatic N) is 4. The summed E-state index contributed by atoms with van der Waals surface area (Å²) in [5.74, 6) is 0.576. The van der Waals surface area contributed by atoms with Crippen LogP contribution in [0, 0.1) is 0 Å². The van der Waals surface area contributed by atoms with Crippen molar-refractivity contribution in [3.63, 3.8) is 0 Å². The van der Waals surface area contributed by atoms with Gasteiger partial charge in [-0.25, -0.2) is 0 Å². The second-order valence-corrected chi connectivity index (χ2v) is 5.52. The molecule has 0 saturated carbocycles. The van der Waals surface area contributed by atoms with Crippen LogP contribution in [0.1, 0.15) is 0 Å². The van der Waals surface area contributed by atoms with E-state index in [-0.39, 0.29) is 11.7 Å². The summed E-state index contributed by atoms with van der Waals surface area (Å²) in [6, 6.07) is 13.5. The summed E-state index contributed by atoms with van der Waals surface area (Å²) >= 11 is 1.29. The van der Waals surface area contributed by atoms with Crippen LogP contribution in [0.25, 0.3) is 17.1 Å². The van der Waals surface area contributed by atoms with Gasteiger partial charge in [0.15, 0.2) is 11.0 Å². The van der Waals surface area contributed by atoms with Crippen LogP contribution in [0.5, 0.6) is 0 Å². The Bertz CT molecular complexity index is 790. The number of aromatic nitrogens is 4. The third kappa shape index (κ3) is 3.40. The maximum absolute atomic E-state index is 11.4. The molecule has 7 heteroatoms. The van der Waals surface area contributed by atoms with Crippen LogP contribution in [0.3, 0.4) is 0 Å². The molecule has 0 aliphatic rings. The lowest BCUT2D eigenvalue weighted by atomic mass is 10.2. The van der Waals surface area contributed by atoms with Gasteiger partial charge in [-0.2, -0.15) is 0 Å². The Morgan fingerprint density at radius 1 is 1.13 bits per heavy atom. The van der Waals surface area contributed by atoms with Gasteiger partial charge in [-0.3, -0.25) is 14.3 Å². The van der Waals surface area contributed by atoms with E-state index in [0.717, 1.165) is 11.3 Å². The smallest absolute Gasteiger partial charge is 0.316 e. The molecule has 23 heavy (non-hydrogen) atoms. The minimum Gasteiger partial charge on any atom is -0.468 e. The lowest BCUT2D eigenvalue weighted by Crippen LogP contribution is -2.05. The molecular weight excluding hydrogens is 312 g/mol. The molecule has 0 saturated heterocycles. The first-order valence-electron chi connectivity index (χ1n) is 6.90. The molecule has 0 bridgehead atoms. The van der Waals surface area contributed by atoms with Crippen molar-refractivity contribution in [3.05, 3.63) is 54.9 Å². The summed E-state index contributed by atoms with van der Waals surface area (Å²) in [6.07, 6.45) is 3.42. The summed E-state index contributed by atoms with van der Waals surface area (Å²) in [7, 11) is 1.37. The lowest BCUT2D eigenvalue weighted by molar-refractivity contribution is -0.137. The van der Waals surface area contributed by atoms with Gasteiger partial charge in [0, 0.05) is 23.6 Å². The first kappa shape index (κ1) is 15.2. The number of benzene rings is 1. The number of methoxy groups -OCH3 is 1. The topological polar surface area (TPSA) is 69.9 Å². The largest absolute Gasteiger partial charge is 0.468 e. The number of thioether (sulfide) groups is 1. The average molecular weight is 326 g/mol. The highest BCUT2D eigenvalue weighted by atomic mass is 32.2. The Kier molecular flexibility index (Phi) is 4.68. The number of hydrogen-bond donors (Lipinski definition) is 0. The third-order valence-electron chi connectivity index (χ3n) is 3.13. The van der Waals surface area contributed by atoms with Crippen molar-refractivity contribution in [3.8, 4) is 17.1 Å². The van der Waals surface area contributed by atoms with Gasteiger partial charge in [0.25, 0.3) is 0 Å². The van der Waals surface area contributed by atoms with E-state index < -0.39 is 0 Å². The van der Waals surface area contributed by atoms with Crippen molar-refractivity contribution < 1.29 is 9.53 Å². The van der Waals surface area contributed by atoms with Gasteiger partial charge in [0.1, 0.15) is 0 Å². The number of rotatable bonds is 5. The second-order valence-electron chi connectivity index (χ2n) is 4.58. The maximum Gasteiger partial charge on any atom is 0.316 e. The molecule has 0 spiro atoms. The van der Waals surface area contributed by atoms with Gasteiger partial charge >= 0.3 is 5.97 Å². The van der Waals surface area contributed by atoms with E-state index in [1.54, 1.807) is 12.4 Å². The zero-order valence-corrected chi connectivity index (χ0v) is 13.2. The molecule has 0 N–H and O–H groups in total. The van der Waals surface area contributed by atoms with Gasteiger partial charge in [-0.15, -0.1) is 10.2 Å². The van der Waals surface area contributed by atoms with Crippen molar-refractivity contribution >= 4 is 17.7 Å². The number of carbonyl (C=O) groups is 1.